The Morgan fingerprint density at radius 3 is 2.69 bits per heavy atom. The van der Waals surface area contributed by atoms with Crippen LogP contribution in [0.4, 0.5) is 0 Å². The Kier molecular flexibility index (Phi) is 3.47. The van der Waals surface area contributed by atoms with Gasteiger partial charge in [-0.05, 0) is 24.7 Å². The van der Waals surface area contributed by atoms with Crippen LogP contribution in [0.15, 0.2) is 28.7 Å². The Labute approximate surface area is 86.3 Å². The molecule has 0 aliphatic carbocycles. The van der Waals surface area contributed by atoms with E-state index in [1.165, 1.54) is 7.05 Å². The van der Waals surface area contributed by atoms with Crippen LogP contribution in [0.5, 0.6) is 0 Å². The van der Waals surface area contributed by atoms with E-state index in [1.807, 2.05) is 12.1 Å². The van der Waals surface area contributed by atoms with Crippen LogP contribution in [0.1, 0.15) is 5.56 Å². The average molecular weight is 264 g/mol. The van der Waals surface area contributed by atoms with Gasteiger partial charge in [0.2, 0.25) is 10.0 Å². The van der Waals surface area contributed by atoms with Crippen LogP contribution in [-0.4, -0.2) is 15.5 Å². The van der Waals surface area contributed by atoms with Gasteiger partial charge < -0.3 is 0 Å². The van der Waals surface area contributed by atoms with Gasteiger partial charge in [0.25, 0.3) is 0 Å². The van der Waals surface area contributed by atoms with Gasteiger partial charge in [-0.1, -0.05) is 28.1 Å². The summed E-state index contributed by atoms with van der Waals surface area (Å²) in [5, 5.41) is 0. The third-order valence-electron chi connectivity index (χ3n) is 1.56. The second kappa shape index (κ2) is 4.21. The van der Waals surface area contributed by atoms with Crippen molar-refractivity contribution in [3.63, 3.8) is 0 Å². The third-order valence-corrected chi connectivity index (χ3v) is 3.39. The van der Waals surface area contributed by atoms with E-state index in [-0.39, 0.29) is 5.75 Å². The summed E-state index contributed by atoms with van der Waals surface area (Å²) in [5.41, 5.74) is 0.767. The van der Waals surface area contributed by atoms with Crippen molar-refractivity contribution in [2.75, 3.05) is 7.05 Å². The molecule has 72 valence electrons. The Morgan fingerprint density at radius 2 is 2.15 bits per heavy atom. The van der Waals surface area contributed by atoms with Gasteiger partial charge in [-0.3, -0.25) is 0 Å². The highest BCUT2D eigenvalue weighted by molar-refractivity contribution is 9.10. The minimum atomic E-state index is -3.16. The molecular formula is C8H10BrNO2S. The fourth-order valence-corrected chi connectivity index (χ4v) is 2.13. The van der Waals surface area contributed by atoms with Crippen molar-refractivity contribution in [2.45, 2.75) is 5.75 Å². The second-order valence-electron chi connectivity index (χ2n) is 2.59. The van der Waals surface area contributed by atoms with E-state index in [0.29, 0.717) is 0 Å². The molecule has 0 bridgehead atoms. The lowest BCUT2D eigenvalue weighted by Crippen LogP contribution is -2.20. The SMILES string of the molecule is CNS(=O)(=O)Cc1cccc(Br)c1. The molecule has 0 atom stereocenters. The van der Waals surface area contributed by atoms with Crippen LogP contribution < -0.4 is 4.72 Å². The van der Waals surface area contributed by atoms with Gasteiger partial charge in [0.15, 0.2) is 0 Å². The summed E-state index contributed by atoms with van der Waals surface area (Å²) in [6.07, 6.45) is 0. The van der Waals surface area contributed by atoms with Gasteiger partial charge in [-0.15, -0.1) is 0 Å². The van der Waals surface area contributed by atoms with Crippen LogP contribution >= 0.6 is 15.9 Å². The van der Waals surface area contributed by atoms with Gasteiger partial charge in [-0.25, -0.2) is 13.1 Å². The first-order valence-electron chi connectivity index (χ1n) is 3.69. The minimum absolute atomic E-state index is 0.0168. The summed E-state index contributed by atoms with van der Waals surface area (Å²) in [6, 6.07) is 7.23. The minimum Gasteiger partial charge on any atom is -0.218 e. The molecule has 0 fully saturated rings. The summed E-state index contributed by atoms with van der Waals surface area (Å²) in [5.74, 6) is 0.0168. The maximum absolute atomic E-state index is 11.2. The molecule has 3 nitrogen and oxygen atoms in total. The van der Waals surface area contributed by atoms with E-state index in [1.54, 1.807) is 12.1 Å². The van der Waals surface area contributed by atoms with Crippen LogP contribution in [-0.2, 0) is 15.8 Å². The van der Waals surface area contributed by atoms with Gasteiger partial charge in [0.1, 0.15) is 0 Å². The number of hydrogen-bond donors (Lipinski definition) is 1. The molecule has 0 aliphatic heterocycles. The molecule has 0 unspecified atom stereocenters. The van der Waals surface area contributed by atoms with Gasteiger partial charge in [0, 0.05) is 4.47 Å². The molecule has 0 saturated heterocycles. The van der Waals surface area contributed by atoms with Crippen molar-refractivity contribution in [3.05, 3.63) is 34.3 Å². The first-order chi connectivity index (χ1) is 6.03. The van der Waals surface area contributed by atoms with Crippen molar-refractivity contribution in [1.29, 1.82) is 0 Å². The van der Waals surface area contributed by atoms with Gasteiger partial charge in [0.05, 0.1) is 5.75 Å². The van der Waals surface area contributed by atoms with Gasteiger partial charge in [-0.2, -0.15) is 0 Å². The molecule has 1 rings (SSSR count). The largest absolute Gasteiger partial charge is 0.218 e. The maximum atomic E-state index is 11.2. The Bertz CT molecular complexity index is 389. The van der Waals surface area contributed by atoms with E-state index in [9.17, 15) is 8.42 Å². The summed E-state index contributed by atoms with van der Waals surface area (Å²) in [4.78, 5) is 0. The van der Waals surface area contributed by atoms with Crippen molar-refractivity contribution < 1.29 is 8.42 Å². The summed E-state index contributed by atoms with van der Waals surface area (Å²) in [7, 11) is -1.75. The first kappa shape index (κ1) is 10.7. The van der Waals surface area contributed by atoms with Crippen molar-refractivity contribution in [2.24, 2.45) is 0 Å². The predicted octanol–water partition coefficient (Wildman–Crippen LogP) is 1.50. The molecule has 5 heteroatoms. The van der Waals surface area contributed by atoms with Crippen LogP contribution in [0, 0.1) is 0 Å². The zero-order chi connectivity index (χ0) is 9.90. The summed E-state index contributed by atoms with van der Waals surface area (Å²) in [6.45, 7) is 0. The zero-order valence-electron chi connectivity index (χ0n) is 7.12. The zero-order valence-corrected chi connectivity index (χ0v) is 9.52. The molecule has 0 heterocycles. The highest BCUT2D eigenvalue weighted by Gasteiger charge is 2.07. The molecule has 13 heavy (non-hydrogen) atoms. The van der Waals surface area contributed by atoms with Crippen molar-refractivity contribution >= 4 is 26.0 Å². The molecule has 0 amide bonds. The summed E-state index contributed by atoms with van der Waals surface area (Å²) >= 11 is 3.28. The smallest absolute Gasteiger partial charge is 0.215 e. The van der Waals surface area contributed by atoms with E-state index in [0.717, 1.165) is 10.0 Å². The molecular weight excluding hydrogens is 254 g/mol. The number of nitrogens with one attached hydrogen (secondary N) is 1. The fraction of sp³-hybridized carbons (Fsp3) is 0.250. The number of hydrogen-bond acceptors (Lipinski definition) is 2. The third kappa shape index (κ3) is 3.46. The predicted molar refractivity (Wildman–Crippen MR) is 55.8 cm³/mol. The van der Waals surface area contributed by atoms with E-state index < -0.39 is 10.0 Å². The maximum Gasteiger partial charge on any atom is 0.215 e. The molecule has 0 aromatic heterocycles. The number of sulfonamides is 1. The normalized spacial score (nSPS) is 11.5. The topological polar surface area (TPSA) is 46.2 Å². The first-order valence-corrected chi connectivity index (χ1v) is 6.14. The van der Waals surface area contributed by atoms with Gasteiger partial charge >= 0.3 is 0 Å². The molecule has 0 spiro atoms. The summed E-state index contributed by atoms with van der Waals surface area (Å²) < 4.78 is 25.5. The van der Waals surface area contributed by atoms with Crippen molar-refractivity contribution in [1.82, 2.24) is 4.72 Å². The van der Waals surface area contributed by atoms with E-state index in [4.69, 9.17) is 0 Å². The van der Waals surface area contributed by atoms with E-state index in [2.05, 4.69) is 20.7 Å². The Balaban J connectivity index is 2.87. The highest BCUT2D eigenvalue weighted by atomic mass is 79.9. The quantitative estimate of drug-likeness (QED) is 0.899. The van der Waals surface area contributed by atoms with Crippen LogP contribution in [0.2, 0.25) is 0 Å². The standard InChI is InChI=1S/C8H10BrNO2S/c1-10-13(11,12)6-7-3-2-4-8(9)5-7/h2-5,10H,6H2,1H3. The molecule has 1 N–H and O–H groups in total. The molecule has 1 aromatic carbocycles. The number of halogens is 1. The average Bonchev–Trinajstić information content (AvgIpc) is 2.03. The Morgan fingerprint density at radius 1 is 1.46 bits per heavy atom. The lowest BCUT2D eigenvalue weighted by Gasteiger charge is -2.02. The number of benzene rings is 1. The molecule has 0 aliphatic rings. The molecule has 0 radical (unpaired) electrons. The fourth-order valence-electron chi connectivity index (χ4n) is 0.918. The monoisotopic (exact) mass is 263 g/mol. The lowest BCUT2D eigenvalue weighted by molar-refractivity contribution is 0.587. The number of rotatable bonds is 3. The molecule has 0 saturated carbocycles. The van der Waals surface area contributed by atoms with Crippen LogP contribution in [0.3, 0.4) is 0 Å². The van der Waals surface area contributed by atoms with Crippen LogP contribution in [0.25, 0.3) is 0 Å². The Hall–Kier alpha value is -0.390. The lowest BCUT2D eigenvalue weighted by atomic mass is 10.2. The molecule has 1 aromatic rings. The highest BCUT2D eigenvalue weighted by Crippen LogP contribution is 2.13. The van der Waals surface area contributed by atoms with Crippen molar-refractivity contribution in [3.8, 4) is 0 Å². The van der Waals surface area contributed by atoms with E-state index >= 15 is 0 Å². The second-order valence-corrected chi connectivity index (χ2v) is 5.44.